The fourth-order valence-electron chi connectivity index (χ4n) is 2.33. The molecule has 0 aliphatic rings. The van der Waals surface area contributed by atoms with Crippen LogP contribution in [0.3, 0.4) is 0 Å². The van der Waals surface area contributed by atoms with Crippen LogP contribution in [-0.2, 0) is 14.8 Å². The molecule has 2 aromatic rings. The topological polar surface area (TPSA) is 64.6 Å². The fourth-order valence-corrected chi connectivity index (χ4v) is 3.18. The third-order valence-electron chi connectivity index (χ3n) is 3.67. The van der Waals surface area contributed by atoms with E-state index in [1.165, 1.54) is 0 Å². The van der Waals surface area contributed by atoms with Gasteiger partial charge in [-0.1, -0.05) is 42.5 Å². The minimum Gasteiger partial charge on any atom is -0.492 e. The maximum atomic E-state index is 12.1. The first-order chi connectivity index (χ1) is 11.5. The number of aryl methyl sites for hydroxylation is 1. The fraction of sp³-hybridized carbons (Fsp3) is 0.333. The van der Waals surface area contributed by atoms with Crippen molar-refractivity contribution < 1.29 is 17.9 Å². The number of methoxy groups -OCH3 is 1. The monoisotopic (exact) mass is 349 g/mol. The number of ether oxygens (including phenoxy) is 2. The molecule has 130 valence electrons. The van der Waals surface area contributed by atoms with Crippen LogP contribution in [0.5, 0.6) is 5.75 Å². The molecule has 1 unspecified atom stereocenters. The molecule has 1 atom stereocenters. The molecule has 24 heavy (non-hydrogen) atoms. The van der Waals surface area contributed by atoms with Crippen molar-refractivity contribution >= 4 is 10.0 Å². The summed E-state index contributed by atoms with van der Waals surface area (Å²) < 4.78 is 37.7. The van der Waals surface area contributed by atoms with E-state index in [1.54, 1.807) is 19.2 Å². The Labute approximate surface area is 143 Å². The number of hydrogen-bond donors (Lipinski definition) is 1. The van der Waals surface area contributed by atoms with Crippen LogP contribution in [0.4, 0.5) is 0 Å². The van der Waals surface area contributed by atoms with E-state index in [1.807, 2.05) is 49.4 Å². The summed E-state index contributed by atoms with van der Waals surface area (Å²) in [5.41, 5.74) is 2.04. The molecular formula is C18H23NO4S. The summed E-state index contributed by atoms with van der Waals surface area (Å²) in [6.07, 6.45) is -0.323. The minimum absolute atomic E-state index is 0.0986. The zero-order valence-corrected chi connectivity index (χ0v) is 14.8. The summed E-state index contributed by atoms with van der Waals surface area (Å²) in [5.74, 6) is 0.550. The standard InChI is InChI=1S/C18H23NO4S/c1-15-8-6-7-11-17(15)18(22-2)14-19-24(20,21)13-12-23-16-9-4-3-5-10-16/h3-11,18-19H,12-14H2,1-2H3. The highest BCUT2D eigenvalue weighted by Crippen LogP contribution is 2.19. The molecule has 5 nitrogen and oxygen atoms in total. The van der Waals surface area contributed by atoms with Crippen LogP contribution in [0.25, 0.3) is 0 Å². The lowest BCUT2D eigenvalue weighted by Gasteiger charge is -2.18. The van der Waals surface area contributed by atoms with E-state index < -0.39 is 10.0 Å². The van der Waals surface area contributed by atoms with Crippen molar-refractivity contribution in [1.29, 1.82) is 0 Å². The lowest BCUT2D eigenvalue weighted by molar-refractivity contribution is 0.107. The Bertz CT molecular complexity index is 732. The predicted molar refractivity (Wildman–Crippen MR) is 94.7 cm³/mol. The number of para-hydroxylation sites is 1. The van der Waals surface area contributed by atoms with Gasteiger partial charge in [-0.05, 0) is 30.2 Å². The van der Waals surface area contributed by atoms with Crippen molar-refractivity contribution in [3.63, 3.8) is 0 Å². The van der Waals surface area contributed by atoms with E-state index in [-0.39, 0.29) is 25.0 Å². The first-order valence-corrected chi connectivity index (χ1v) is 9.40. The lowest BCUT2D eigenvalue weighted by atomic mass is 10.0. The summed E-state index contributed by atoms with van der Waals surface area (Å²) in [6.45, 7) is 2.26. The number of nitrogens with one attached hydrogen (secondary N) is 1. The summed E-state index contributed by atoms with van der Waals surface area (Å²) in [4.78, 5) is 0. The normalized spacial score (nSPS) is 12.8. The molecule has 0 heterocycles. The van der Waals surface area contributed by atoms with E-state index in [9.17, 15) is 8.42 Å². The molecule has 2 aromatic carbocycles. The maximum absolute atomic E-state index is 12.1. The molecule has 0 fully saturated rings. The number of sulfonamides is 1. The second-order valence-electron chi connectivity index (χ2n) is 5.41. The van der Waals surface area contributed by atoms with E-state index in [0.29, 0.717) is 5.75 Å². The third kappa shape index (κ3) is 5.63. The molecule has 6 heteroatoms. The van der Waals surface area contributed by atoms with E-state index >= 15 is 0 Å². The van der Waals surface area contributed by atoms with E-state index in [0.717, 1.165) is 11.1 Å². The zero-order chi connectivity index (χ0) is 17.4. The Morgan fingerprint density at radius 1 is 1.04 bits per heavy atom. The largest absolute Gasteiger partial charge is 0.492 e. The van der Waals surface area contributed by atoms with E-state index in [2.05, 4.69) is 4.72 Å². The Morgan fingerprint density at radius 2 is 1.71 bits per heavy atom. The summed E-state index contributed by atoms with van der Waals surface area (Å²) in [7, 11) is -1.86. The molecule has 0 spiro atoms. The van der Waals surface area contributed by atoms with Crippen LogP contribution in [0.1, 0.15) is 17.2 Å². The van der Waals surface area contributed by atoms with Crippen molar-refractivity contribution in [3.05, 3.63) is 65.7 Å². The van der Waals surface area contributed by atoms with Crippen molar-refractivity contribution in [2.24, 2.45) is 0 Å². The molecule has 0 saturated carbocycles. The van der Waals surface area contributed by atoms with Crippen LogP contribution in [-0.4, -0.2) is 34.4 Å². The molecule has 0 aromatic heterocycles. The van der Waals surface area contributed by atoms with Gasteiger partial charge in [0.1, 0.15) is 12.4 Å². The van der Waals surface area contributed by atoms with Crippen molar-refractivity contribution in [2.45, 2.75) is 13.0 Å². The van der Waals surface area contributed by atoms with Gasteiger partial charge in [0.05, 0.1) is 11.9 Å². The average molecular weight is 349 g/mol. The Kier molecular flexibility index (Phi) is 6.78. The highest BCUT2D eigenvalue weighted by Gasteiger charge is 2.17. The van der Waals surface area contributed by atoms with Gasteiger partial charge in [0, 0.05) is 13.7 Å². The van der Waals surface area contributed by atoms with Crippen LogP contribution >= 0.6 is 0 Å². The molecule has 0 saturated heterocycles. The molecule has 0 radical (unpaired) electrons. The second-order valence-corrected chi connectivity index (χ2v) is 7.34. The molecular weight excluding hydrogens is 326 g/mol. The summed E-state index contributed by atoms with van der Waals surface area (Å²) >= 11 is 0. The Morgan fingerprint density at radius 3 is 2.38 bits per heavy atom. The zero-order valence-electron chi connectivity index (χ0n) is 13.9. The van der Waals surface area contributed by atoms with Gasteiger partial charge >= 0.3 is 0 Å². The van der Waals surface area contributed by atoms with Crippen molar-refractivity contribution in [3.8, 4) is 5.75 Å². The summed E-state index contributed by atoms with van der Waals surface area (Å²) in [6, 6.07) is 16.9. The van der Waals surface area contributed by atoms with Crippen LogP contribution in [0.2, 0.25) is 0 Å². The van der Waals surface area contributed by atoms with Crippen molar-refractivity contribution in [2.75, 3.05) is 26.0 Å². The van der Waals surface area contributed by atoms with Gasteiger partial charge in [-0.3, -0.25) is 0 Å². The Balaban J connectivity index is 1.86. The van der Waals surface area contributed by atoms with Gasteiger partial charge in [-0.25, -0.2) is 13.1 Å². The third-order valence-corrected chi connectivity index (χ3v) is 4.98. The van der Waals surface area contributed by atoms with Crippen molar-refractivity contribution in [1.82, 2.24) is 4.72 Å². The molecule has 2 rings (SSSR count). The van der Waals surface area contributed by atoms with Crippen LogP contribution in [0, 0.1) is 6.92 Å². The smallest absolute Gasteiger partial charge is 0.215 e. The average Bonchev–Trinajstić information content (AvgIpc) is 2.57. The van der Waals surface area contributed by atoms with Gasteiger partial charge < -0.3 is 9.47 Å². The van der Waals surface area contributed by atoms with Gasteiger partial charge in [-0.15, -0.1) is 0 Å². The second kappa shape index (κ2) is 8.82. The molecule has 0 bridgehead atoms. The number of hydrogen-bond acceptors (Lipinski definition) is 4. The van der Waals surface area contributed by atoms with Crippen LogP contribution in [0.15, 0.2) is 54.6 Å². The van der Waals surface area contributed by atoms with E-state index in [4.69, 9.17) is 9.47 Å². The highest BCUT2D eigenvalue weighted by molar-refractivity contribution is 7.89. The van der Waals surface area contributed by atoms with Gasteiger partial charge in [0.15, 0.2) is 0 Å². The molecule has 0 amide bonds. The first-order valence-electron chi connectivity index (χ1n) is 7.75. The Hall–Kier alpha value is -1.89. The predicted octanol–water partition coefficient (Wildman–Crippen LogP) is 2.68. The van der Waals surface area contributed by atoms with Gasteiger partial charge in [0.2, 0.25) is 10.0 Å². The van der Waals surface area contributed by atoms with Gasteiger partial charge in [0.25, 0.3) is 0 Å². The molecule has 0 aliphatic carbocycles. The molecule has 1 N–H and O–H groups in total. The minimum atomic E-state index is -3.43. The number of rotatable bonds is 9. The first kappa shape index (κ1) is 18.4. The maximum Gasteiger partial charge on any atom is 0.215 e. The van der Waals surface area contributed by atoms with Gasteiger partial charge in [-0.2, -0.15) is 0 Å². The molecule has 0 aliphatic heterocycles. The lowest BCUT2D eigenvalue weighted by Crippen LogP contribution is -2.33. The quantitative estimate of drug-likeness (QED) is 0.756. The number of benzene rings is 2. The van der Waals surface area contributed by atoms with Crippen LogP contribution < -0.4 is 9.46 Å². The highest BCUT2D eigenvalue weighted by atomic mass is 32.2. The summed E-state index contributed by atoms with van der Waals surface area (Å²) in [5, 5.41) is 0. The SMILES string of the molecule is COC(CNS(=O)(=O)CCOc1ccccc1)c1ccccc1C.